The minimum absolute atomic E-state index is 0.0649. The lowest BCUT2D eigenvalue weighted by molar-refractivity contribution is -0.136. The van der Waals surface area contributed by atoms with E-state index in [1.807, 2.05) is 0 Å². The molecule has 1 fully saturated rings. The van der Waals surface area contributed by atoms with Crippen LogP contribution in [0.15, 0.2) is 64.7 Å². The second-order valence-electron chi connectivity index (χ2n) is 8.25. The Morgan fingerprint density at radius 1 is 1.06 bits per heavy atom. The van der Waals surface area contributed by atoms with Crippen molar-refractivity contribution >= 4 is 16.6 Å². The number of imidazole rings is 1. The SMILES string of the molecule is O=c1[nH]cc(-c2cc([C@H]3C[C@@H]3c3cc(C(F)(F)F)c4cccnc4c3)c3nccn3n2)c(=O)[nH]1. The first kappa shape index (κ1) is 20.3. The zero-order valence-electron chi connectivity index (χ0n) is 17.3. The monoisotopic (exact) mass is 464 g/mol. The van der Waals surface area contributed by atoms with E-state index >= 15 is 0 Å². The van der Waals surface area contributed by atoms with Crippen molar-refractivity contribution in [3.05, 3.63) is 92.6 Å². The van der Waals surface area contributed by atoms with Crippen LogP contribution in [0.1, 0.15) is 34.9 Å². The van der Waals surface area contributed by atoms with Crippen molar-refractivity contribution in [2.24, 2.45) is 0 Å². The Hall–Kier alpha value is -4.28. The molecule has 1 aliphatic rings. The van der Waals surface area contributed by atoms with Gasteiger partial charge in [0.25, 0.3) is 5.56 Å². The molecule has 0 radical (unpaired) electrons. The van der Waals surface area contributed by atoms with Gasteiger partial charge in [-0.2, -0.15) is 18.3 Å². The van der Waals surface area contributed by atoms with Crippen LogP contribution in [0, 0.1) is 0 Å². The summed E-state index contributed by atoms with van der Waals surface area (Å²) in [7, 11) is 0. The quantitative estimate of drug-likeness (QED) is 0.424. The van der Waals surface area contributed by atoms with E-state index in [0.29, 0.717) is 28.8 Å². The highest BCUT2D eigenvalue weighted by Gasteiger charge is 2.43. The lowest BCUT2D eigenvalue weighted by Crippen LogP contribution is -2.23. The van der Waals surface area contributed by atoms with Gasteiger partial charge in [-0.3, -0.25) is 14.8 Å². The van der Waals surface area contributed by atoms with Gasteiger partial charge in [0.1, 0.15) is 0 Å². The molecule has 0 spiro atoms. The fraction of sp³-hybridized carbons (Fsp3) is 0.174. The highest BCUT2D eigenvalue weighted by Crippen LogP contribution is 2.56. The van der Waals surface area contributed by atoms with E-state index in [2.05, 4.69) is 25.0 Å². The molecule has 0 saturated heterocycles. The summed E-state index contributed by atoms with van der Waals surface area (Å²) >= 11 is 0. The molecule has 4 aromatic heterocycles. The van der Waals surface area contributed by atoms with E-state index < -0.39 is 23.0 Å². The number of benzene rings is 1. The van der Waals surface area contributed by atoms with Crippen LogP contribution >= 0.6 is 0 Å². The zero-order valence-corrected chi connectivity index (χ0v) is 17.3. The average molecular weight is 464 g/mol. The van der Waals surface area contributed by atoms with Gasteiger partial charge in [-0.25, -0.2) is 14.3 Å². The maximum atomic E-state index is 13.8. The van der Waals surface area contributed by atoms with Gasteiger partial charge in [-0.1, -0.05) is 6.07 Å². The van der Waals surface area contributed by atoms with Gasteiger partial charge >= 0.3 is 11.9 Å². The highest BCUT2D eigenvalue weighted by molar-refractivity contribution is 5.84. The van der Waals surface area contributed by atoms with Gasteiger partial charge in [0.15, 0.2) is 5.65 Å². The molecule has 170 valence electrons. The topological polar surface area (TPSA) is 109 Å². The molecule has 1 aliphatic carbocycles. The maximum Gasteiger partial charge on any atom is 0.417 e. The van der Waals surface area contributed by atoms with E-state index in [-0.39, 0.29) is 22.8 Å². The first-order valence-corrected chi connectivity index (χ1v) is 10.4. The van der Waals surface area contributed by atoms with Gasteiger partial charge in [0, 0.05) is 35.7 Å². The average Bonchev–Trinajstić information content (AvgIpc) is 3.45. The van der Waals surface area contributed by atoms with Crippen molar-refractivity contribution in [1.82, 2.24) is 29.5 Å². The van der Waals surface area contributed by atoms with Crippen LogP contribution in [0.3, 0.4) is 0 Å². The van der Waals surface area contributed by atoms with Crippen LogP contribution in [0.2, 0.25) is 0 Å². The number of nitrogens with one attached hydrogen (secondary N) is 2. The van der Waals surface area contributed by atoms with Crippen LogP contribution < -0.4 is 11.2 Å². The Morgan fingerprint density at radius 3 is 2.71 bits per heavy atom. The molecule has 0 unspecified atom stereocenters. The molecule has 1 saturated carbocycles. The minimum atomic E-state index is -4.51. The number of alkyl halides is 3. The van der Waals surface area contributed by atoms with Gasteiger partial charge < -0.3 is 4.98 Å². The molecular weight excluding hydrogens is 449 g/mol. The molecule has 11 heteroatoms. The van der Waals surface area contributed by atoms with Crippen LogP contribution in [-0.2, 0) is 6.18 Å². The number of nitrogens with zero attached hydrogens (tertiary/aromatic N) is 4. The largest absolute Gasteiger partial charge is 0.417 e. The van der Waals surface area contributed by atoms with Crippen LogP contribution in [-0.4, -0.2) is 29.5 Å². The third kappa shape index (κ3) is 3.28. The summed E-state index contributed by atoms with van der Waals surface area (Å²) in [4.78, 5) is 36.8. The third-order valence-electron chi connectivity index (χ3n) is 6.15. The predicted octanol–water partition coefficient (Wildman–Crippen LogP) is 3.61. The molecule has 1 aromatic carbocycles. The van der Waals surface area contributed by atoms with Crippen molar-refractivity contribution in [2.45, 2.75) is 24.4 Å². The lowest BCUT2D eigenvalue weighted by atomic mass is 9.99. The summed E-state index contributed by atoms with van der Waals surface area (Å²) in [5, 5.41) is 4.47. The first-order chi connectivity index (χ1) is 16.3. The lowest BCUT2D eigenvalue weighted by Gasteiger charge is -2.13. The van der Waals surface area contributed by atoms with E-state index in [9.17, 15) is 22.8 Å². The number of halogens is 3. The molecule has 34 heavy (non-hydrogen) atoms. The van der Waals surface area contributed by atoms with Crippen molar-refractivity contribution in [2.75, 3.05) is 0 Å². The molecule has 0 aliphatic heterocycles. The molecule has 0 amide bonds. The minimum Gasteiger partial charge on any atom is -0.313 e. The van der Waals surface area contributed by atoms with Gasteiger partial charge in [0.2, 0.25) is 0 Å². The number of H-pyrrole nitrogens is 2. The number of hydrogen-bond donors (Lipinski definition) is 2. The summed E-state index contributed by atoms with van der Waals surface area (Å²) in [6.07, 6.45) is 2.05. The third-order valence-corrected chi connectivity index (χ3v) is 6.15. The van der Waals surface area contributed by atoms with E-state index in [1.165, 1.54) is 35.1 Å². The van der Waals surface area contributed by atoms with Crippen molar-refractivity contribution in [1.29, 1.82) is 0 Å². The Kier molecular flexibility index (Phi) is 4.25. The number of pyridine rings is 1. The molecule has 0 bridgehead atoms. The second-order valence-corrected chi connectivity index (χ2v) is 8.25. The normalized spacial score (nSPS) is 18.0. The van der Waals surface area contributed by atoms with Gasteiger partial charge in [0.05, 0.1) is 22.3 Å². The number of fused-ring (bicyclic) bond motifs is 2. The summed E-state index contributed by atoms with van der Waals surface area (Å²) < 4.78 is 42.8. The van der Waals surface area contributed by atoms with E-state index in [0.717, 1.165) is 5.56 Å². The van der Waals surface area contributed by atoms with Crippen LogP contribution in [0.5, 0.6) is 0 Å². The molecule has 8 nitrogen and oxygen atoms in total. The Bertz CT molecular complexity index is 1700. The fourth-order valence-electron chi connectivity index (χ4n) is 4.51. The van der Waals surface area contributed by atoms with Crippen molar-refractivity contribution in [3.8, 4) is 11.3 Å². The molecule has 2 N–H and O–H groups in total. The zero-order chi connectivity index (χ0) is 23.6. The number of aromatic amines is 2. The predicted molar refractivity (Wildman–Crippen MR) is 117 cm³/mol. The molecule has 2 atom stereocenters. The van der Waals surface area contributed by atoms with Crippen molar-refractivity contribution < 1.29 is 13.2 Å². The highest BCUT2D eigenvalue weighted by atomic mass is 19.4. The second kappa shape index (κ2) is 7.11. The fourth-order valence-corrected chi connectivity index (χ4v) is 4.51. The smallest absolute Gasteiger partial charge is 0.313 e. The first-order valence-electron chi connectivity index (χ1n) is 10.4. The standard InChI is InChI=1S/C23H15F3N6O2/c24-23(25,26)17-6-11(7-18-12(17)2-1-3-27-18)13-8-14(13)15-9-19(31-32-5-4-28-20(15)32)16-10-29-22(34)30-21(16)33/h1-7,9-10,13-14H,8H2,(H2,29,30,33,34)/t13-,14+/m1/s1. The number of rotatable bonds is 3. The molecule has 5 aromatic rings. The summed E-state index contributed by atoms with van der Waals surface area (Å²) in [5.74, 6) is -0.284. The molecule has 4 heterocycles. The van der Waals surface area contributed by atoms with Crippen LogP contribution in [0.4, 0.5) is 13.2 Å². The van der Waals surface area contributed by atoms with Gasteiger partial charge in [-0.15, -0.1) is 0 Å². The van der Waals surface area contributed by atoms with E-state index in [4.69, 9.17) is 0 Å². The van der Waals surface area contributed by atoms with Crippen LogP contribution in [0.25, 0.3) is 27.8 Å². The molecular formula is C23H15F3N6O2. The van der Waals surface area contributed by atoms with Gasteiger partial charge in [-0.05, 0) is 48.1 Å². The summed E-state index contributed by atoms with van der Waals surface area (Å²) in [5.41, 5.74) is 0.720. The van der Waals surface area contributed by atoms with E-state index in [1.54, 1.807) is 24.5 Å². The Balaban J connectivity index is 1.46. The summed E-state index contributed by atoms with van der Waals surface area (Å²) in [6, 6.07) is 7.52. The summed E-state index contributed by atoms with van der Waals surface area (Å²) in [6.45, 7) is 0. The Morgan fingerprint density at radius 2 is 1.91 bits per heavy atom. The number of hydrogen-bond acceptors (Lipinski definition) is 5. The molecule has 6 rings (SSSR count). The number of aromatic nitrogens is 6. The van der Waals surface area contributed by atoms with Crippen molar-refractivity contribution in [3.63, 3.8) is 0 Å². The Labute approximate surface area is 188 Å². The maximum absolute atomic E-state index is 13.8.